The topological polar surface area (TPSA) is 29.3 Å². The molecule has 0 atom stereocenters. The van der Waals surface area contributed by atoms with Gasteiger partial charge in [0.15, 0.2) is 0 Å². The molecule has 108 valence electrons. The summed E-state index contributed by atoms with van der Waals surface area (Å²) in [5.41, 5.74) is 3.97. The smallest absolute Gasteiger partial charge is 0.137 e. The van der Waals surface area contributed by atoms with Crippen molar-refractivity contribution in [3.05, 3.63) is 35.8 Å². The number of aromatic nitrogens is 2. The highest BCUT2D eigenvalue weighted by atomic mass is 15.0. The first-order valence-corrected chi connectivity index (χ1v) is 7.81. The van der Waals surface area contributed by atoms with E-state index >= 15 is 0 Å². The van der Waals surface area contributed by atoms with Gasteiger partial charge >= 0.3 is 0 Å². The maximum absolute atomic E-state index is 4.62. The summed E-state index contributed by atoms with van der Waals surface area (Å²) in [7, 11) is 0. The van der Waals surface area contributed by atoms with Crippen molar-refractivity contribution in [2.45, 2.75) is 52.5 Å². The normalized spacial score (nSPS) is 18.5. The van der Waals surface area contributed by atoms with Crippen LogP contribution in [0.3, 0.4) is 0 Å². The minimum absolute atomic E-state index is 0.493. The second kappa shape index (κ2) is 5.57. The van der Waals surface area contributed by atoms with Crippen LogP contribution in [0, 0.1) is 12.3 Å². The second-order valence-electron chi connectivity index (χ2n) is 6.55. The van der Waals surface area contributed by atoms with Gasteiger partial charge in [0.1, 0.15) is 5.65 Å². The third-order valence-corrected chi connectivity index (χ3v) is 4.73. The Hall–Kier alpha value is -1.35. The number of nitrogens with zero attached hydrogens (tertiary/aromatic N) is 2. The van der Waals surface area contributed by atoms with E-state index in [4.69, 9.17) is 0 Å². The molecule has 2 aromatic heterocycles. The molecule has 3 nitrogen and oxygen atoms in total. The van der Waals surface area contributed by atoms with E-state index in [0.717, 1.165) is 24.4 Å². The van der Waals surface area contributed by atoms with Crippen LogP contribution in [-0.4, -0.2) is 15.9 Å². The molecule has 0 aliphatic heterocycles. The van der Waals surface area contributed by atoms with Gasteiger partial charge in [-0.05, 0) is 37.3 Å². The van der Waals surface area contributed by atoms with Crippen LogP contribution in [0.5, 0.6) is 0 Å². The number of fused-ring (bicyclic) bond motifs is 1. The summed E-state index contributed by atoms with van der Waals surface area (Å²) in [6, 6.07) is 6.18. The van der Waals surface area contributed by atoms with Crippen molar-refractivity contribution in [2.24, 2.45) is 5.41 Å². The fourth-order valence-electron chi connectivity index (χ4n) is 3.44. The van der Waals surface area contributed by atoms with E-state index in [0.29, 0.717) is 5.41 Å². The predicted molar refractivity (Wildman–Crippen MR) is 82.8 cm³/mol. The lowest BCUT2D eigenvalue weighted by atomic mass is 9.76. The van der Waals surface area contributed by atoms with Crippen LogP contribution in [-0.2, 0) is 6.54 Å². The fourth-order valence-corrected chi connectivity index (χ4v) is 3.44. The lowest BCUT2D eigenvalue weighted by molar-refractivity contribution is 0.207. The molecule has 1 aliphatic carbocycles. The largest absolute Gasteiger partial charge is 0.311 e. The number of rotatable bonds is 4. The Balaban J connectivity index is 1.66. The first-order chi connectivity index (χ1) is 9.68. The monoisotopic (exact) mass is 271 g/mol. The Morgan fingerprint density at radius 2 is 2.05 bits per heavy atom. The number of imidazole rings is 1. The number of pyridine rings is 1. The first kappa shape index (κ1) is 13.6. The molecule has 0 amide bonds. The van der Waals surface area contributed by atoms with Crippen molar-refractivity contribution in [3.63, 3.8) is 0 Å². The van der Waals surface area contributed by atoms with Gasteiger partial charge < -0.3 is 9.72 Å². The molecular formula is C17H25N3. The van der Waals surface area contributed by atoms with Gasteiger partial charge in [0.2, 0.25) is 0 Å². The Morgan fingerprint density at radius 3 is 2.85 bits per heavy atom. The van der Waals surface area contributed by atoms with Crippen LogP contribution in [0.1, 0.15) is 50.4 Å². The molecule has 3 rings (SSSR count). The molecule has 0 spiro atoms. The van der Waals surface area contributed by atoms with Crippen molar-refractivity contribution in [1.82, 2.24) is 14.7 Å². The highest BCUT2D eigenvalue weighted by Crippen LogP contribution is 2.34. The van der Waals surface area contributed by atoms with Gasteiger partial charge in [-0.2, -0.15) is 0 Å². The standard InChI is InChI=1S/C17H25N3/c1-14-15(20-11-7-4-8-16(20)19-14)12-18-13-17(2)9-5-3-6-10-17/h4,7-8,11,18H,3,5-6,9-10,12-13H2,1-2H3. The molecule has 20 heavy (non-hydrogen) atoms. The average Bonchev–Trinajstić information content (AvgIpc) is 2.76. The van der Waals surface area contributed by atoms with Crippen molar-refractivity contribution in [3.8, 4) is 0 Å². The highest BCUT2D eigenvalue weighted by molar-refractivity contribution is 5.42. The summed E-state index contributed by atoms with van der Waals surface area (Å²) in [4.78, 5) is 4.62. The van der Waals surface area contributed by atoms with E-state index in [1.807, 2.05) is 6.07 Å². The molecule has 0 unspecified atom stereocenters. The maximum atomic E-state index is 4.62. The van der Waals surface area contributed by atoms with Crippen LogP contribution >= 0.6 is 0 Å². The predicted octanol–water partition coefficient (Wildman–Crippen LogP) is 3.70. The summed E-state index contributed by atoms with van der Waals surface area (Å²) in [6.45, 7) is 6.56. The molecule has 2 aromatic rings. The lowest BCUT2D eigenvalue weighted by Gasteiger charge is -2.33. The second-order valence-corrected chi connectivity index (χ2v) is 6.55. The zero-order chi connectivity index (χ0) is 14.0. The van der Waals surface area contributed by atoms with Crippen LogP contribution in [0.4, 0.5) is 0 Å². The Morgan fingerprint density at radius 1 is 1.25 bits per heavy atom. The minimum atomic E-state index is 0.493. The Labute approximate surface area is 121 Å². The van der Waals surface area contributed by atoms with Gasteiger partial charge in [0, 0.05) is 19.3 Å². The summed E-state index contributed by atoms with van der Waals surface area (Å²) in [5, 5.41) is 3.67. The zero-order valence-corrected chi connectivity index (χ0v) is 12.7. The molecule has 2 heterocycles. The molecule has 0 bridgehead atoms. The summed E-state index contributed by atoms with van der Waals surface area (Å²) >= 11 is 0. The summed E-state index contributed by atoms with van der Waals surface area (Å²) in [6.07, 6.45) is 9.05. The van der Waals surface area contributed by atoms with Crippen LogP contribution in [0.2, 0.25) is 0 Å². The van der Waals surface area contributed by atoms with Crippen LogP contribution in [0.15, 0.2) is 24.4 Å². The zero-order valence-electron chi connectivity index (χ0n) is 12.7. The van der Waals surface area contributed by atoms with Gasteiger partial charge in [-0.1, -0.05) is 32.3 Å². The maximum Gasteiger partial charge on any atom is 0.137 e. The minimum Gasteiger partial charge on any atom is -0.311 e. The molecule has 0 aromatic carbocycles. The van der Waals surface area contributed by atoms with E-state index in [9.17, 15) is 0 Å². The SMILES string of the molecule is Cc1nc2ccccn2c1CNCC1(C)CCCCC1. The van der Waals surface area contributed by atoms with E-state index in [-0.39, 0.29) is 0 Å². The Kier molecular flexibility index (Phi) is 3.79. The molecule has 1 aliphatic rings. The van der Waals surface area contributed by atoms with Crippen LogP contribution in [0.25, 0.3) is 5.65 Å². The number of hydrogen-bond acceptors (Lipinski definition) is 2. The van der Waals surface area contributed by atoms with E-state index in [1.54, 1.807) is 0 Å². The first-order valence-electron chi connectivity index (χ1n) is 7.81. The average molecular weight is 271 g/mol. The van der Waals surface area contributed by atoms with Crippen molar-refractivity contribution in [2.75, 3.05) is 6.54 Å². The third kappa shape index (κ3) is 2.73. The van der Waals surface area contributed by atoms with Gasteiger partial charge in [0.05, 0.1) is 11.4 Å². The van der Waals surface area contributed by atoms with Crippen molar-refractivity contribution in [1.29, 1.82) is 0 Å². The molecule has 0 saturated heterocycles. The molecule has 0 radical (unpaired) electrons. The lowest BCUT2D eigenvalue weighted by Crippen LogP contribution is -2.33. The van der Waals surface area contributed by atoms with Crippen LogP contribution < -0.4 is 5.32 Å². The molecular weight excluding hydrogens is 246 g/mol. The van der Waals surface area contributed by atoms with Gasteiger partial charge in [-0.3, -0.25) is 0 Å². The Bertz CT molecular complexity index is 579. The third-order valence-electron chi connectivity index (χ3n) is 4.73. The fraction of sp³-hybridized carbons (Fsp3) is 0.588. The van der Waals surface area contributed by atoms with E-state index < -0.39 is 0 Å². The van der Waals surface area contributed by atoms with Gasteiger partial charge in [0.25, 0.3) is 0 Å². The number of nitrogens with one attached hydrogen (secondary N) is 1. The molecule has 1 fully saturated rings. The molecule has 1 N–H and O–H groups in total. The quantitative estimate of drug-likeness (QED) is 0.918. The van der Waals surface area contributed by atoms with Crippen molar-refractivity contribution < 1.29 is 0 Å². The van der Waals surface area contributed by atoms with E-state index in [2.05, 4.69) is 46.9 Å². The number of aryl methyl sites for hydroxylation is 1. The van der Waals surface area contributed by atoms with Gasteiger partial charge in [-0.25, -0.2) is 4.98 Å². The molecule has 1 saturated carbocycles. The van der Waals surface area contributed by atoms with E-state index in [1.165, 1.54) is 37.8 Å². The highest BCUT2D eigenvalue weighted by Gasteiger charge is 2.26. The number of hydrogen-bond donors (Lipinski definition) is 1. The molecule has 3 heteroatoms. The van der Waals surface area contributed by atoms with Crippen molar-refractivity contribution >= 4 is 5.65 Å². The summed E-state index contributed by atoms with van der Waals surface area (Å²) < 4.78 is 2.20. The van der Waals surface area contributed by atoms with Gasteiger partial charge in [-0.15, -0.1) is 0 Å². The summed E-state index contributed by atoms with van der Waals surface area (Å²) in [5.74, 6) is 0.